The lowest BCUT2D eigenvalue weighted by Gasteiger charge is -2.21. The van der Waals surface area contributed by atoms with Gasteiger partial charge in [-0.15, -0.1) is 0 Å². The first-order chi connectivity index (χ1) is 14.0. The highest BCUT2D eigenvalue weighted by molar-refractivity contribution is 7.92. The molecule has 2 aromatic carbocycles. The first-order valence-corrected chi connectivity index (χ1v) is 10.1. The number of hydrogen-bond donors (Lipinski definition) is 1. The number of benzene rings is 2. The standard InChI is InChI=1S/C17H17N5O7S/c1-12(13-6-8-14(9-7-13)21(24)25)18-19-17(23)11-20(30(2,28)29)15-4-3-5-16(10-15)22(26)27/h3-10H,11H2,1-2H3,(H,19,23)/b18-12-. The monoisotopic (exact) mass is 435 g/mol. The van der Waals surface area contributed by atoms with Crippen molar-refractivity contribution in [2.75, 3.05) is 17.1 Å². The molecule has 0 saturated carbocycles. The van der Waals surface area contributed by atoms with Gasteiger partial charge in [0.15, 0.2) is 0 Å². The first-order valence-electron chi connectivity index (χ1n) is 8.29. The SMILES string of the molecule is C/C(=N/NC(=O)CN(c1cccc([N+](=O)[O-])c1)S(C)(=O)=O)c1ccc([N+](=O)[O-])cc1. The van der Waals surface area contributed by atoms with Gasteiger partial charge in [-0.05, 0) is 30.7 Å². The number of hydrogen-bond acceptors (Lipinski definition) is 8. The molecule has 12 nitrogen and oxygen atoms in total. The van der Waals surface area contributed by atoms with Crippen LogP contribution in [0.1, 0.15) is 12.5 Å². The smallest absolute Gasteiger partial charge is 0.271 e. The summed E-state index contributed by atoms with van der Waals surface area (Å²) in [5.41, 5.74) is 2.58. The minimum Gasteiger partial charge on any atom is -0.271 e. The molecule has 0 heterocycles. The molecule has 0 spiro atoms. The summed E-state index contributed by atoms with van der Waals surface area (Å²) in [7, 11) is -3.92. The van der Waals surface area contributed by atoms with Gasteiger partial charge in [0.05, 0.1) is 27.5 Å². The molecule has 0 aliphatic rings. The molecule has 0 atom stereocenters. The zero-order valence-corrected chi connectivity index (χ0v) is 16.7. The molecule has 30 heavy (non-hydrogen) atoms. The summed E-state index contributed by atoms with van der Waals surface area (Å²) in [5.74, 6) is -0.784. The number of sulfonamides is 1. The molecule has 0 unspecified atom stereocenters. The number of carbonyl (C=O) groups is 1. The number of amides is 1. The fourth-order valence-corrected chi connectivity index (χ4v) is 3.21. The maximum Gasteiger partial charge on any atom is 0.271 e. The molecule has 0 bridgehead atoms. The van der Waals surface area contributed by atoms with Gasteiger partial charge in [-0.25, -0.2) is 13.8 Å². The van der Waals surface area contributed by atoms with Crippen LogP contribution in [-0.4, -0.2) is 42.7 Å². The van der Waals surface area contributed by atoms with Gasteiger partial charge in [0.1, 0.15) is 6.54 Å². The molecular weight excluding hydrogens is 418 g/mol. The molecule has 0 saturated heterocycles. The van der Waals surface area contributed by atoms with Crippen molar-refractivity contribution in [3.05, 3.63) is 74.3 Å². The van der Waals surface area contributed by atoms with Crippen LogP contribution in [0, 0.1) is 20.2 Å². The molecule has 0 fully saturated rings. The van der Waals surface area contributed by atoms with Crippen LogP contribution >= 0.6 is 0 Å². The maximum atomic E-state index is 12.2. The Kier molecular flexibility index (Phi) is 6.79. The fraction of sp³-hybridized carbons (Fsp3) is 0.176. The van der Waals surface area contributed by atoms with Gasteiger partial charge in [-0.3, -0.25) is 29.3 Å². The predicted octanol–water partition coefficient (Wildman–Crippen LogP) is 1.81. The van der Waals surface area contributed by atoms with Crippen LogP contribution in [0.4, 0.5) is 17.1 Å². The van der Waals surface area contributed by atoms with Crippen LogP contribution in [0.25, 0.3) is 0 Å². The highest BCUT2D eigenvalue weighted by atomic mass is 32.2. The van der Waals surface area contributed by atoms with Crippen molar-refractivity contribution in [1.82, 2.24) is 5.43 Å². The number of nitro benzene ring substituents is 2. The van der Waals surface area contributed by atoms with E-state index in [0.29, 0.717) is 15.6 Å². The van der Waals surface area contributed by atoms with Crippen molar-refractivity contribution in [3.8, 4) is 0 Å². The summed E-state index contributed by atoms with van der Waals surface area (Å²) in [6.07, 6.45) is 0.866. The molecule has 2 rings (SSSR count). The number of non-ortho nitro benzene ring substituents is 2. The van der Waals surface area contributed by atoms with Crippen molar-refractivity contribution in [1.29, 1.82) is 0 Å². The number of nitrogens with one attached hydrogen (secondary N) is 1. The lowest BCUT2D eigenvalue weighted by atomic mass is 10.1. The number of rotatable bonds is 8. The summed E-state index contributed by atoms with van der Waals surface area (Å²) in [4.78, 5) is 32.6. The third-order valence-corrected chi connectivity index (χ3v) is 5.00. The second-order valence-corrected chi connectivity index (χ2v) is 7.99. The molecule has 0 aliphatic carbocycles. The van der Waals surface area contributed by atoms with Crippen molar-refractivity contribution < 1.29 is 23.1 Å². The van der Waals surface area contributed by atoms with E-state index in [4.69, 9.17) is 0 Å². The maximum absolute atomic E-state index is 12.2. The fourth-order valence-electron chi connectivity index (χ4n) is 2.36. The number of anilines is 1. The molecule has 0 aromatic heterocycles. The van der Waals surface area contributed by atoms with E-state index < -0.39 is 32.3 Å². The van der Waals surface area contributed by atoms with Crippen LogP contribution in [0.2, 0.25) is 0 Å². The normalized spacial score (nSPS) is 11.6. The average molecular weight is 435 g/mol. The van der Waals surface area contributed by atoms with E-state index in [1.165, 1.54) is 42.5 Å². The minimum atomic E-state index is -3.92. The molecule has 13 heteroatoms. The summed E-state index contributed by atoms with van der Waals surface area (Å²) < 4.78 is 24.9. The van der Waals surface area contributed by atoms with Gasteiger partial charge in [0, 0.05) is 24.3 Å². The third-order valence-electron chi connectivity index (χ3n) is 3.86. The topological polar surface area (TPSA) is 165 Å². The Morgan fingerprint density at radius 1 is 1.07 bits per heavy atom. The van der Waals surface area contributed by atoms with Crippen molar-refractivity contribution in [2.24, 2.45) is 5.10 Å². The molecular formula is C17H17N5O7S. The summed E-state index contributed by atoms with van der Waals surface area (Å²) in [6, 6.07) is 10.3. The lowest BCUT2D eigenvalue weighted by molar-refractivity contribution is -0.385. The molecule has 0 aliphatic heterocycles. The van der Waals surface area contributed by atoms with E-state index in [-0.39, 0.29) is 17.1 Å². The highest BCUT2D eigenvalue weighted by Crippen LogP contribution is 2.23. The Balaban J connectivity index is 2.16. The van der Waals surface area contributed by atoms with E-state index in [0.717, 1.165) is 12.3 Å². The van der Waals surface area contributed by atoms with Crippen LogP contribution < -0.4 is 9.73 Å². The molecule has 158 valence electrons. The minimum absolute atomic E-state index is 0.0436. The number of nitro groups is 2. The highest BCUT2D eigenvalue weighted by Gasteiger charge is 2.22. The average Bonchev–Trinajstić information content (AvgIpc) is 2.69. The predicted molar refractivity (Wildman–Crippen MR) is 109 cm³/mol. The summed E-state index contributed by atoms with van der Waals surface area (Å²) in [6.45, 7) is 0.896. The summed E-state index contributed by atoms with van der Waals surface area (Å²) in [5, 5.41) is 25.5. The van der Waals surface area contributed by atoms with E-state index >= 15 is 0 Å². The van der Waals surface area contributed by atoms with Crippen molar-refractivity contribution in [2.45, 2.75) is 6.92 Å². The Hall–Kier alpha value is -3.87. The number of nitrogens with zero attached hydrogens (tertiary/aromatic N) is 4. The second kappa shape index (κ2) is 9.09. The van der Waals surface area contributed by atoms with E-state index in [9.17, 15) is 33.4 Å². The Morgan fingerprint density at radius 3 is 2.20 bits per heavy atom. The quantitative estimate of drug-likeness (QED) is 0.375. The van der Waals surface area contributed by atoms with Gasteiger partial charge < -0.3 is 0 Å². The van der Waals surface area contributed by atoms with E-state index in [1.807, 2.05) is 0 Å². The van der Waals surface area contributed by atoms with Gasteiger partial charge >= 0.3 is 0 Å². The molecule has 2 aromatic rings. The Labute approximate surface area is 171 Å². The van der Waals surface area contributed by atoms with Gasteiger partial charge in [0.2, 0.25) is 10.0 Å². The van der Waals surface area contributed by atoms with Gasteiger partial charge in [-0.1, -0.05) is 6.07 Å². The van der Waals surface area contributed by atoms with E-state index in [1.54, 1.807) is 6.92 Å². The molecule has 0 radical (unpaired) electrons. The van der Waals surface area contributed by atoms with Crippen LogP contribution in [0.3, 0.4) is 0 Å². The van der Waals surface area contributed by atoms with Gasteiger partial charge in [0.25, 0.3) is 17.3 Å². The number of hydrazone groups is 1. The van der Waals surface area contributed by atoms with Crippen molar-refractivity contribution in [3.63, 3.8) is 0 Å². The van der Waals surface area contributed by atoms with E-state index in [2.05, 4.69) is 10.5 Å². The van der Waals surface area contributed by atoms with Crippen LogP contribution in [-0.2, 0) is 14.8 Å². The lowest BCUT2D eigenvalue weighted by Crippen LogP contribution is -2.39. The zero-order chi connectivity index (χ0) is 22.5. The largest absolute Gasteiger partial charge is 0.271 e. The second-order valence-electron chi connectivity index (χ2n) is 6.08. The first kappa shape index (κ1) is 22.4. The Bertz CT molecular complexity index is 1110. The number of carbonyl (C=O) groups excluding carboxylic acids is 1. The zero-order valence-electron chi connectivity index (χ0n) is 15.9. The molecule has 1 amide bonds. The summed E-state index contributed by atoms with van der Waals surface area (Å²) >= 11 is 0. The molecule has 1 N–H and O–H groups in total. The van der Waals surface area contributed by atoms with Crippen LogP contribution in [0.15, 0.2) is 53.6 Å². The van der Waals surface area contributed by atoms with Gasteiger partial charge in [-0.2, -0.15) is 5.10 Å². The Morgan fingerprint density at radius 2 is 1.67 bits per heavy atom. The van der Waals surface area contributed by atoms with Crippen molar-refractivity contribution >= 4 is 38.7 Å². The third kappa shape index (κ3) is 5.81. The van der Waals surface area contributed by atoms with Crippen LogP contribution in [0.5, 0.6) is 0 Å².